The molecule has 4 rings (SSSR count). The minimum absolute atomic E-state index is 0. The van der Waals surface area contributed by atoms with Crippen molar-refractivity contribution >= 4 is 34.7 Å². The van der Waals surface area contributed by atoms with E-state index in [1.807, 2.05) is 0 Å². The zero-order valence-corrected chi connectivity index (χ0v) is 37.6. The van der Waals surface area contributed by atoms with Crippen molar-refractivity contribution < 1.29 is 56.7 Å². The Morgan fingerprint density at radius 1 is 0.500 bits per heavy atom. The molecule has 0 saturated carbocycles. The van der Waals surface area contributed by atoms with Gasteiger partial charge in [0.05, 0.1) is 34.7 Å². The summed E-state index contributed by atoms with van der Waals surface area (Å²) in [4.78, 5) is 31.3. The first-order valence-corrected chi connectivity index (χ1v) is 21.1. The van der Waals surface area contributed by atoms with Crippen molar-refractivity contribution in [3.63, 3.8) is 0 Å². The number of aliphatic imine (C=N–C) groups is 2. The van der Waals surface area contributed by atoms with Gasteiger partial charge in [-0.1, -0.05) is 105 Å². The number of unbranched alkanes of at least 4 members (excludes halogenated alkanes) is 5. The summed E-state index contributed by atoms with van der Waals surface area (Å²) in [6, 6.07) is 18.8. The molecule has 0 heterocycles. The van der Waals surface area contributed by atoms with Gasteiger partial charge in [-0.15, -0.1) is 0 Å². The molecule has 60 heavy (non-hydrogen) atoms. The number of hydrogen-bond acceptors (Lipinski definition) is 10. The van der Waals surface area contributed by atoms with Crippen LogP contribution in [0.25, 0.3) is 0 Å². The van der Waals surface area contributed by atoms with Crippen molar-refractivity contribution in [2.24, 2.45) is 9.98 Å². The van der Waals surface area contributed by atoms with Crippen LogP contribution in [0, 0.1) is 0 Å². The topological polar surface area (TPSA) is 186 Å². The van der Waals surface area contributed by atoms with E-state index < -0.39 is 34.9 Å². The summed E-state index contributed by atoms with van der Waals surface area (Å²) >= 11 is 0. The van der Waals surface area contributed by atoms with Crippen LogP contribution < -0.4 is 10.2 Å². The standard InChI is InChI=1S/C31H46N2.2C9H10O4.Ni/c1-7-12-13-14-15-16-17-31(33-30-21-19-26(9-3)28(11-5)23-30)24(6)32-29-20-18-25(8-2)27(10-4)22-29;2*1-2-5-3-4-6(10)8(11)7(5)9(12)13;/h18-23H,7-17H2,1-6H3;2*3-4,10-11H,2H2,1H3,(H,12,13);/q;;;+2/p-2. The average molecular weight is 868 g/mol. The number of phenols is 4. The Labute approximate surface area is 367 Å². The van der Waals surface area contributed by atoms with E-state index in [-0.39, 0.29) is 27.6 Å². The predicted octanol–water partition coefficient (Wildman–Crippen LogP) is 9.60. The number of carbonyl (C=O) groups is 2. The van der Waals surface area contributed by atoms with Crippen LogP contribution in [-0.4, -0.2) is 43.8 Å². The number of benzene rings is 4. The molecule has 11 heteroatoms. The second-order valence-corrected chi connectivity index (χ2v) is 14.3. The molecular formula is C49H64N2NiO8. The van der Waals surface area contributed by atoms with E-state index in [2.05, 4.69) is 77.9 Å². The van der Waals surface area contributed by atoms with E-state index in [4.69, 9.17) is 20.2 Å². The Hall–Kier alpha value is -5.15. The summed E-state index contributed by atoms with van der Waals surface area (Å²) < 4.78 is 0. The van der Waals surface area contributed by atoms with Crippen molar-refractivity contribution in [3.8, 4) is 23.0 Å². The van der Waals surface area contributed by atoms with E-state index in [1.54, 1.807) is 13.8 Å². The second kappa shape index (κ2) is 27.6. The van der Waals surface area contributed by atoms with Crippen LogP contribution in [-0.2, 0) is 55.0 Å². The largest absolute Gasteiger partial charge is 2.00 e. The number of nitrogens with zero attached hydrogens (tertiary/aromatic N) is 2. The molecule has 10 nitrogen and oxygen atoms in total. The minimum Gasteiger partial charge on any atom is -0.545 e. The molecule has 4 N–H and O–H groups in total. The molecule has 0 bridgehead atoms. The number of hydrogen-bond donors (Lipinski definition) is 4. The Balaban J connectivity index is 0.000000544. The molecule has 0 unspecified atom stereocenters. The third-order valence-corrected chi connectivity index (χ3v) is 10.3. The molecule has 4 aromatic rings. The van der Waals surface area contributed by atoms with Gasteiger partial charge in [0.1, 0.15) is 0 Å². The van der Waals surface area contributed by atoms with Crippen LogP contribution in [0.15, 0.2) is 70.6 Å². The van der Waals surface area contributed by atoms with E-state index in [9.17, 15) is 30.0 Å². The summed E-state index contributed by atoms with van der Waals surface area (Å²) in [6.07, 6.45) is 13.9. The third-order valence-electron chi connectivity index (χ3n) is 10.3. The number of carboxylic acid groups (broad SMARTS) is 2. The summed E-state index contributed by atoms with van der Waals surface area (Å²) in [5.74, 6) is -5.11. The van der Waals surface area contributed by atoms with Gasteiger partial charge in [-0.3, -0.25) is 9.98 Å². The van der Waals surface area contributed by atoms with Gasteiger partial charge in [0.25, 0.3) is 0 Å². The monoisotopic (exact) mass is 866 g/mol. The van der Waals surface area contributed by atoms with Gasteiger partial charge in [0, 0.05) is 11.1 Å². The van der Waals surface area contributed by atoms with Crippen molar-refractivity contribution in [3.05, 3.63) is 105 Å². The summed E-state index contributed by atoms with van der Waals surface area (Å²) in [5.41, 5.74) is 10.2. The number of carboxylic acids is 2. The van der Waals surface area contributed by atoms with Gasteiger partial charge >= 0.3 is 16.5 Å². The fraction of sp³-hybridized carbons (Fsp3) is 0.429. The van der Waals surface area contributed by atoms with Gasteiger partial charge in [-0.2, -0.15) is 0 Å². The Bertz CT molecular complexity index is 1990. The van der Waals surface area contributed by atoms with Crippen molar-refractivity contribution in [2.45, 2.75) is 139 Å². The first-order chi connectivity index (χ1) is 28.2. The molecule has 0 saturated heterocycles. The van der Waals surface area contributed by atoms with E-state index in [1.165, 1.54) is 85.0 Å². The number of aromatic hydroxyl groups is 4. The van der Waals surface area contributed by atoms with E-state index in [0.29, 0.717) is 24.0 Å². The summed E-state index contributed by atoms with van der Waals surface area (Å²) in [7, 11) is 0. The van der Waals surface area contributed by atoms with Crippen LogP contribution in [0.4, 0.5) is 11.4 Å². The molecular weight excluding hydrogens is 803 g/mol. The number of carbonyl (C=O) groups excluding carboxylic acids is 2. The van der Waals surface area contributed by atoms with Crippen LogP contribution in [0.5, 0.6) is 23.0 Å². The zero-order chi connectivity index (χ0) is 44.1. The van der Waals surface area contributed by atoms with Gasteiger partial charge in [-0.25, -0.2) is 0 Å². The SMILES string of the molecule is CCCCCCCCC(=Nc1ccc(CC)c(CC)c1)C(C)=Nc1ccc(CC)c(CC)c1.CCc1ccc(O)c(O)c1C(=O)[O-].CCc1ccc(O)c(O)c1C(=O)[O-].[Ni+2]. The molecule has 0 atom stereocenters. The quantitative estimate of drug-likeness (QED) is 0.0330. The maximum atomic E-state index is 10.6. The summed E-state index contributed by atoms with van der Waals surface area (Å²) in [5, 5.41) is 57.6. The third kappa shape index (κ3) is 15.8. The molecule has 0 spiro atoms. The van der Waals surface area contributed by atoms with E-state index >= 15 is 0 Å². The molecule has 0 aliphatic heterocycles. The smallest absolute Gasteiger partial charge is 0.545 e. The van der Waals surface area contributed by atoms with Gasteiger partial charge in [-0.05, 0) is 128 Å². The zero-order valence-electron chi connectivity index (χ0n) is 36.6. The molecule has 0 radical (unpaired) electrons. The molecule has 0 aliphatic rings. The van der Waals surface area contributed by atoms with Crippen molar-refractivity contribution in [2.75, 3.05) is 0 Å². The fourth-order valence-electron chi connectivity index (χ4n) is 6.81. The minimum atomic E-state index is -1.48. The number of rotatable bonds is 18. The fourth-order valence-corrected chi connectivity index (χ4v) is 6.81. The van der Waals surface area contributed by atoms with Crippen LogP contribution >= 0.6 is 0 Å². The van der Waals surface area contributed by atoms with Crippen molar-refractivity contribution in [1.29, 1.82) is 0 Å². The average Bonchev–Trinajstić information content (AvgIpc) is 3.23. The van der Waals surface area contributed by atoms with Crippen LogP contribution in [0.3, 0.4) is 0 Å². The Kier molecular flexibility index (Phi) is 24.3. The van der Waals surface area contributed by atoms with Crippen LogP contribution in [0.2, 0.25) is 0 Å². The molecule has 328 valence electrons. The molecule has 0 aromatic heterocycles. The number of aromatic carboxylic acids is 2. The summed E-state index contributed by atoms with van der Waals surface area (Å²) in [6.45, 7) is 16.8. The predicted molar refractivity (Wildman–Crippen MR) is 235 cm³/mol. The van der Waals surface area contributed by atoms with E-state index in [0.717, 1.165) is 54.9 Å². The molecule has 0 fully saturated rings. The van der Waals surface area contributed by atoms with Crippen LogP contribution in [0.1, 0.15) is 154 Å². The molecule has 4 aromatic carbocycles. The maximum Gasteiger partial charge on any atom is 2.00 e. The first-order valence-electron chi connectivity index (χ1n) is 21.1. The van der Waals surface area contributed by atoms with Crippen molar-refractivity contribution in [1.82, 2.24) is 0 Å². The Morgan fingerprint density at radius 3 is 1.25 bits per heavy atom. The molecule has 0 amide bonds. The Morgan fingerprint density at radius 2 is 0.867 bits per heavy atom. The normalized spacial score (nSPS) is 11.1. The first kappa shape index (κ1) is 52.9. The number of phenolic OH excluding ortho intramolecular Hbond substituents is 2. The number of aryl methyl sites for hydroxylation is 6. The van der Waals surface area contributed by atoms with Gasteiger partial charge < -0.3 is 40.2 Å². The van der Waals surface area contributed by atoms with Gasteiger partial charge in [0.15, 0.2) is 23.0 Å². The molecule has 0 aliphatic carbocycles. The maximum absolute atomic E-state index is 10.6. The second-order valence-electron chi connectivity index (χ2n) is 14.3. The van der Waals surface area contributed by atoms with Gasteiger partial charge in [0.2, 0.25) is 0 Å².